The van der Waals surface area contributed by atoms with Crippen LogP contribution in [-0.4, -0.2) is 22.6 Å². The quantitative estimate of drug-likeness (QED) is 0.655. The molecule has 0 unspecified atom stereocenters. The van der Waals surface area contributed by atoms with Crippen molar-refractivity contribution in [1.29, 1.82) is 5.26 Å². The zero-order valence-electron chi connectivity index (χ0n) is 14.0. The Balaban J connectivity index is 1.67. The Labute approximate surface area is 153 Å². The highest BCUT2D eigenvalue weighted by Gasteiger charge is 2.26. The first-order valence-corrected chi connectivity index (χ1v) is 7.90. The average Bonchev–Trinajstić information content (AvgIpc) is 3.01. The van der Waals surface area contributed by atoms with Crippen LogP contribution >= 0.6 is 0 Å². The molecule has 0 aromatic heterocycles. The molecule has 1 heterocycles. The molecule has 0 atom stereocenters. The predicted octanol–water partition coefficient (Wildman–Crippen LogP) is 1.88. The van der Waals surface area contributed by atoms with E-state index in [1.165, 1.54) is 18.2 Å². The summed E-state index contributed by atoms with van der Waals surface area (Å²) in [5, 5.41) is 27.4. The summed E-state index contributed by atoms with van der Waals surface area (Å²) >= 11 is 0. The van der Waals surface area contributed by atoms with Crippen LogP contribution in [-0.2, 0) is 16.0 Å². The van der Waals surface area contributed by atoms with Crippen molar-refractivity contribution in [2.24, 2.45) is 5.10 Å². The smallest absolute Gasteiger partial charge is 0.269 e. The third-order valence-corrected chi connectivity index (χ3v) is 3.79. The molecule has 3 rings (SSSR count). The highest BCUT2D eigenvalue weighted by molar-refractivity contribution is 6.15. The number of amidine groups is 1. The molecule has 2 amide bonds. The van der Waals surface area contributed by atoms with E-state index in [1.54, 1.807) is 30.3 Å². The molecule has 0 radical (unpaired) electrons. The van der Waals surface area contributed by atoms with Crippen LogP contribution < -0.4 is 10.3 Å². The predicted molar refractivity (Wildman–Crippen MR) is 95.6 cm³/mol. The molecule has 134 valence electrons. The van der Waals surface area contributed by atoms with Gasteiger partial charge in [-0.25, -0.2) is 0 Å². The normalized spacial score (nSPS) is 13.1. The van der Waals surface area contributed by atoms with Crippen LogP contribution in [0.2, 0.25) is 0 Å². The zero-order valence-corrected chi connectivity index (χ0v) is 14.0. The first-order chi connectivity index (χ1) is 13.0. The molecule has 0 spiro atoms. The molecule has 27 heavy (non-hydrogen) atoms. The van der Waals surface area contributed by atoms with Crippen LogP contribution in [0.5, 0.6) is 0 Å². The van der Waals surface area contributed by atoms with Gasteiger partial charge in [0.15, 0.2) is 0 Å². The van der Waals surface area contributed by atoms with Crippen LogP contribution in [0.25, 0.3) is 0 Å². The van der Waals surface area contributed by atoms with E-state index in [9.17, 15) is 19.7 Å². The Morgan fingerprint density at radius 3 is 2.70 bits per heavy atom. The first kappa shape index (κ1) is 17.8. The van der Waals surface area contributed by atoms with E-state index in [1.807, 2.05) is 6.07 Å². The number of nitriles is 1. The van der Waals surface area contributed by atoms with Gasteiger partial charge in [0, 0.05) is 12.1 Å². The van der Waals surface area contributed by atoms with Gasteiger partial charge >= 0.3 is 0 Å². The first-order valence-electron chi connectivity index (χ1n) is 7.90. The highest BCUT2D eigenvalue weighted by Crippen LogP contribution is 2.20. The Kier molecular flexibility index (Phi) is 4.90. The van der Waals surface area contributed by atoms with E-state index in [2.05, 4.69) is 10.4 Å². The standard InChI is InChI=1S/C18H13N5O4/c19-11-12-4-6-14(7-5-12)22-18(25)10-16(21-22)20-17(24)9-13-2-1-3-15(8-13)23(26)27/h1-8H,9-10H2,(H,20,21,24). The van der Waals surface area contributed by atoms with Gasteiger partial charge in [-0.05, 0) is 29.8 Å². The minimum Gasteiger partial charge on any atom is -0.312 e. The van der Waals surface area contributed by atoms with Crippen molar-refractivity contribution in [2.45, 2.75) is 12.8 Å². The summed E-state index contributed by atoms with van der Waals surface area (Å²) in [6, 6.07) is 14.1. The van der Waals surface area contributed by atoms with Crippen molar-refractivity contribution >= 4 is 29.0 Å². The Morgan fingerprint density at radius 1 is 1.30 bits per heavy atom. The number of rotatable bonds is 4. The fraction of sp³-hybridized carbons (Fsp3) is 0.111. The van der Waals surface area contributed by atoms with Crippen LogP contribution in [0.15, 0.2) is 53.6 Å². The van der Waals surface area contributed by atoms with E-state index in [-0.39, 0.29) is 30.3 Å². The highest BCUT2D eigenvalue weighted by atomic mass is 16.6. The number of nitro benzene ring substituents is 1. The second-order valence-electron chi connectivity index (χ2n) is 5.74. The summed E-state index contributed by atoms with van der Waals surface area (Å²) in [4.78, 5) is 34.5. The summed E-state index contributed by atoms with van der Waals surface area (Å²) in [6.45, 7) is 0. The lowest BCUT2D eigenvalue weighted by atomic mass is 10.1. The number of amides is 2. The fourth-order valence-electron chi connectivity index (χ4n) is 2.55. The van der Waals surface area contributed by atoms with Gasteiger partial charge in [0.2, 0.25) is 5.91 Å². The van der Waals surface area contributed by atoms with E-state index < -0.39 is 10.8 Å². The van der Waals surface area contributed by atoms with Crippen molar-refractivity contribution in [2.75, 3.05) is 5.01 Å². The summed E-state index contributed by atoms with van der Waals surface area (Å²) in [5.74, 6) is -0.547. The van der Waals surface area contributed by atoms with E-state index in [0.717, 1.165) is 5.01 Å². The van der Waals surface area contributed by atoms with E-state index in [0.29, 0.717) is 16.8 Å². The van der Waals surface area contributed by atoms with Gasteiger partial charge in [0.05, 0.1) is 35.1 Å². The molecule has 0 aliphatic carbocycles. The summed E-state index contributed by atoms with van der Waals surface area (Å²) in [5.41, 5.74) is 1.33. The monoisotopic (exact) mass is 363 g/mol. The minimum atomic E-state index is -0.531. The summed E-state index contributed by atoms with van der Waals surface area (Å²) < 4.78 is 0. The number of non-ortho nitro benzene ring substituents is 1. The largest absolute Gasteiger partial charge is 0.312 e. The molecule has 9 nitrogen and oxygen atoms in total. The van der Waals surface area contributed by atoms with Gasteiger partial charge in [0.1, 0.15) is 5.84 Å². The maximum Gasteiger partial charge on any atom is 0.269 e. The van der Waals surface area contributed by atoms with Crippen molar-refractivity contribution in [3.05, 3.63) is 69.8 Å². The molecule has 1 N–H and O–H groups in total. The topological polar surface area (TPSA) is 129 Å². The van der Waals surface area contributed by atoms with Gasteiger partial charge < -0.3 is 5.32 Å². The molecular formula is C18H13N5O4. The lowest BCUT2D eigenvalue weighted by Crippen LogP contribution is -2.31. The molecule has 0 saturated heterocycles. The second kappa shape index (κ2) is 7.45. The third-order valence-electron chi connectivity index (χ3n) is 3.79. The number of nitrogens with zero attached hydrogens (tertiary/aromatic N) is 4. The minimum absolute atomic E-state index is 0.0688. The maximum absolute atomic E-state index is 12.2. The number of hydrazone groups is 1. The Morgan fingerprint density at radius 2 is 2.04 bits per heavy atom. The van der Waals surface area contributed by atoms with E-state index >= 15 is 0 Å². The molecule has 0 fully saturated rings. The van der Waals surface area contributed by atoms with Crippen LogP contribution in [0.3, 0.4) is 0 Å². The second-order valence-corrected chi connectivity index (χ2v) is 5.74. The lowest BCUT2D eigenvalue weighted by Gasteiger charge is -2.10. The number of benzene rings is 2. The Bertz CT molecular complexity index is 992. The molecule has 0 bridgehead atoms. The van der Waals surface area contributed by atoms with Crippen LogP contribution in [0.1, 0.15) is 17.5 Å². The molecular weight excluding hydrogens is 350 g/mol. The summed E-state index contributed by atoms with van der Waals surface area (Å²) in [7, 11) is 0. The molecule has 2 aromatic rings. The molecule has 1 aliphatic heterocycles. The molecule has 2 aromatic carbocycles. The number of nitro groups is 1. The van der Waals surface area contributed by atoms with Crippen LogP contribution in [0, 0.1) is 21.4 Å². The lowest BCUT2D eigenvalue weighted by molar-refractivity contribution is -0.384. The zero-order chi connectivity index (χ0) is 19.4. The van der Waals surface area contributed by atoms with E-state index in [4.69, 9.17) is 5.26 Å². The van der Waals surface area contributed by atoms with Gasteiger partial charge in [-0.15, -0.1) is 0 Å². The van der Waals surface area contributed by atoms with Gasteiger partial charge in [-0.1, -0.05) is 12.1 Å². The number of hydrogen-bond donors (Lipinski definition) is 1. The number of carbonyl (C=O) groups excluding carboxylic acids is 2. The molecule has 0 saturated carbocycles. The van der Waals surface area contributed by atoms with Crippen molar-refractivity contribution in [3.63, 3.8) is 0 Å². The van der Waals surface area contributed by atoms with Crippen molar-refractivity contribution in [1.82, 2.24) is 5.32 Å². The van der Waals surface area contributed by atoms with Gasteiger partial charge in [-0.3, -0.25) is 19.7 Å². The summed E-state index contributed by atoms with van der Waals surface area (Å²) in [6.07, 6.45) is -0.146. The Hall–Kier alpha value is -4.06. The average molecular weight is 363 g/mol. The molecule has 9 heteroatoms. The van der Waals surface area contributed by atoms with Crippen molar-refractivity contribution < 1.29 is 14.5 Å². The number of nitrogens with one attached hydrogen (secondary N) is 1. The molecule has 1 aliphatic rings. The SMILES string of the molecule is N#Cc1ccc(N2N=C(NC(=O)Cc3cccc([N+](=O)[O-])c3)CC2=O)cc1. The number of carbonyl (C=O) groups is 2. The fourth-order valence-corrected chi connectivity index (χ4v) is 2.55. The van der Waals surface area contributed by atoms with Crippen molar-refractivity contribution in [3.8, 4) is 6.07 Å². The number of hydrogen-bond acceptors (Lipinski definition) is 6. The van der Waals surface area contributed by atoms with Gasteiger partial charge in [-0.2, -0.15) is 15.4 Å². The third kappa shape index (κ3) is 4.13. The van der Waals surface area contributed by atoms with Gasteiger partial charge in [0.25, 0.3) is 11.6 Å². The maximum atomic E-state index is 12.2. The number of anilines is 1. The van der Waals surface area contributed by atoms with Crippen LogP contribution in [0.4, 0.5) is 11.4 Å².